The molecule has 1 unspecified atom stereocenters. The van der Waals surface area contributed by atoms with E-state index in [1.807, 2.05) is 72.8 Å². The molecule has 0 amide bonds. The van der Waals surface area contributed by atoms with E-state index in [1.165, 1.54) is 11.1 Å². The van der Waals surface area contributed by atoms with Gasteiger partial charge in [-0.25, -0.2) is 0 Å². The highest BCUT2D eigenvalue weighted by Crippen LogP contribution is 2.62. The molecule has 6 atom stereocenters. The molecule has 6 rings (SSSR count). The van der Waals surface area contributed by atoms with E-state index < -0.39 is 16.5 Å². The van der Waals surface area contributed by atoms with E-state index in [1.54, 1.807) is 0 Å². The minimum Gasteiger partial charge on any atom is -0.508 e. The number of hydrogen-bond acceptors (Lipinski definition) is 4. The maximum Gasteiger partial charge on any atom is 0.338 e. The van der Waals surface area contributed by atoms with Gasteiger partial charge in [0.1, 0.15) is 5.75 Å². The molecule has 0 spiro atoms. The zero-order valence-corrected chi connectivity index (χ0v) is 23.1. The Morgan fingerprint density at radius 3 is 2.41 bits per heavy atom. The quantitative estimate of drug-likeness (QED) is 0.256. The Morgan fingerprint density at radius 1 is 0.974 bits per heavy atom. The molecule has 0 aromatic heterocycles. The van der Waals surface area contributed by atoms with Gasteiger partial charge in [-0.1, -0.05) is 73.7 Å². The van der Waals surface area contributed by atoms with Crippen molar-refractivity contribution in [2.45, 2.75) is 70.2 Å². The number of hydrogen-bond donors (Lipinski definition) is 2. The molecule has 6 nitrogen and oxygen atoms in total. The highest BCUT2D eigenvalue weighted by molar-refractivity contribution is 7.83. The topological polar surface area (TPSA) is 87.1 Å². The van der Waals surface area contributed by atoms with Crippen molar-refractivity contribution >= 4 is 10.3 Å². The average Bonchev–Trinajstić information content (AvgIpc) is 3.26. The summed E-state index contributed by atoms with van der Waals surface area (Å²) in [6.45, 7) is 2.34. The second kappa shape index (κ2) is 10.4. The third-order valence-corrected chi connectivity index (χ3v) is 10.7. The fraction of sp³-hybridized carbons (Fsp3) is 0.438. The number of aryl methyl sites for hydroxylation is 1. The standard InChI is InChI=1S/C32H37NO5S/c1-32-19-18-27-26-15-13-25(34)20-24(26)12-14-28(27)29(32)16-17-30(32)38-31(23-10-6-3-7-11-23)33(39(35,36)37)21-22-8-4-2-5-9-22/h2-11,13,15,20,27-31,34H,12,14,16-19,21H2,1H3,(H,35,36,37)/t27-,28-,29+,30+,31?,32+/m1/s1. The Balaban J connectivity index is 1.30. The number of fused-ring (bicyclic) bond motifs is 5. The molecule has 206 valence electrons. The van der Waals surface area contributed by atoms with Gasteiger partial charge < -0.3 is 9.84 Å². The summed E-state index contributed by atoms with van der Waals surface area (Å²) in [6.07, 6.45) is 4.96. The Kier molecular flexibility index (Phi) is 7.04. The first-order chi connectivity index (χ1) is 18.7. The summed E-state index contributed by atoms with van der Waals surface area (Å²) in [5.74, 6) is 1.86. The van der Waals surface area contributed by atoms with Crippen LogP contribution in [0, 0.1) is 17.3 Å². The Morgan fingerprint density at radius 2 is 1.69 bits per heavy atom. The largest absolute Gasteiger partial charge is 0.508 e. The number of nitrogens with zero attached hydrogens (tertiary/aromatic N) is 1. The van der Waals surface area contributed by atoms with E-state index in [-0.39, 0.29) is 18.1 Å². The zero-order chi connectivity index (χ0) is 27.2. The van der Waals surface area contributed by atoms with Crippen molar-refractivity contribution in [3.63, 3.8) is 0 Å². The van der Waals surface area contributed by atoms with E-state index in [0.29, 0.717) is 29.1 Å². The lowest BCUT2D eigenvalue weighted by Crippen LogP contribution is -2.46. The van der Waals surface area contributed by atoms with E-state index in [9.17, 15) is 18.1 Å². The zero-order valence-electron chi connectivity index (χ0n) is 22.3. The third kappa shape index (κ3) is 5.02. The van der Waals surface area contributed by atoms with E-state index in [0.717, 1.165) is 48.4 Å². The van der Waals surface area contributed by atoms with Crippen LogP contribution in [0.1, 0.15) is 73.4 Å². The molecule has 7 heteroatoms. The van der Waals surface area contributed by atoms with Gasteiger partial charge in [0.05, 0.1) is 6.10 Å². The summed E-state index contributed by atoms with van der Waals surface area (Å²) < 4.78 is 43.9. The fourth-order valence-electron chi connectivity index (χ4n) is 7.88. The molecular formula is C32H37NO5S. The lowest BCUT2D eigenvalue weighted by Gasteiger charge is -2.51. The Hall–Kier alpha value is -2.71. The molecule has 39 heavy (non-hydrogen) atoms. The molecule has 2 saturated carbocycles. The fourth-order valence-corrected chi connectivity index (χ4v) is 8.60. The molecule has 2 N–H and O–H groups in total. The molecule has 3 aromatic carbocycles. The molecule has 0 saturated heterocycles. The van der Waals surface area contributed by atoms with Gasteiger partial charge in [-0.05, 0) is 96.1 Å². The highest BCUT2D eigenvalue weighted by atomic mass is 32.2. The van der Waals surface area contributed by atoms with Crippen LogP contribution < -0.4 is 0 Å². The molecule has 2 fully saturated rings. The lowest BCUT2D eigenvalue weighted by molar-refractivity contribution is -0.133. The summed E-state index contributed by atoms with van der Waals surface area (Å²) in [4.78, 5) is 0. The van der Waals surface area contributed by atoms with Gasteiger partial charge >= 0.3 is 10.3 Å². The number of ether oxygens (including phenoxy) is 1. The van der Waals surface area contributed by atoms with Gasteiger partial charge in [-0.2, -0.15) is 8.42 Å². The normalized spacial score (nSPS) is 28.9. The number of rotatable bonds is 7. The summed E-state index contributed by atoms with van der Waals surface area (Å²) in [7, 11) is -4.57. The number of benzene rings is 3. The van der Waals surface area contributed by atoms with Crippen molar-refractivity contribution in [3.8, 4) is 5.75 Å². The summed E-state index contributed by atoms with van der Waals surface area (Å²) in [6, 6.07) is 24.6. The first kappa shape index (κ1) is 26.5. The van der Waals surface area contributed by atoms with Crippen molar-refractivity contribution in [3.05, 3.63) is 101 Å². The van der Waals surface area contributed by atoms with Crippen molar-refractivity contribution in [1.82, 2.24) is 4.31 Å². The van der Waals surface area contributed by atoms with Crippen LogP contribution in [0.15, 0.2) is 78.9 Å². The third-order valence-electron chi connectivity index (χ3n) is 9.74. The first-order valence-corrected chi connectivity index (χ1v) is 15.4. The van der Waals surface area contributed by atoms with Crippen LogP contribution in [0.2, 0.25) is 0 Å². The molecule has 0 heterocycles. The molecule has 0 bridgehead atoms. The summed E-state index contributed by atoms with van der Waals surface area (Å²) >= 11 is 0. The van der Waals surface area contributed by atoms with Crippen LogP contribution in [0.3, 0.4) is 0 Å². The average molecular weight is 548 g/mol. The van der Waals surface area contributed by atoms with Gasteiger partial charge in [-0.15, -0.1) is 4.31 Å². The van der Waals surface area contributed by atoms with Crippen LogP contribution in [0.5, 0.6) is 5.75 Å². The van der Waals surface area contributed by atoms with Gasteiger partial charge in [0.2, 0.25) is 0 Å². The smallest absolute Gasteiger partial charge is 0.338 e. The van der Waals surface area contributed by atoms with Crippen molar-refractivity contribution in [1.29, 1.82) is 0 Å². The molecule has 0 radical (unpaired) electrons. The maximum absolute atomic E-state index is 12.8. The number of phenols is 1. The lowest BCUT2D eigenvalue weighted by atomic mass is 9.55. The van der Waals surface area contributed by atoms with Gasteiger partial charge in [0.25, 0.3) is 0 Å². The maximum atomic E-state index is 12.8. The second-order valence-corrected chi connectivity index (χ2v) is 13.2. The Labute approximate surface area is 231 Å². The second-order valence-electron chi connectivity index (χ2n) is 11.8. The predicted molar refractivity (Wildman–Crippen MR) is 150 cm³/mol. The monoisotopic (exact) mass is 547 g/mol. The van der Waals surface area contributed by atoms with Crippen LogP contribution in [-0.2, 0) is 28.0 Å². The minimum atomic E-state index is -4.57. The van der Waals surface area contributed by atoms with Gasteiger partial charge in [0.15, 0.2) is 6.23 Å². The van der Waals surface area contributed by atoms with Gasteiger partial charge in [0, 0.05) is 6.54 Å². The minimum absolute atomic E-state index is 0.0143. The predicted octanol–water partition coefficient (Wildman–Crippen LogP) is 6.64. The van der Waals surface area contributed by atoms with Crippen LogP contribution in [-0.4, -0.2) is 28.5 Å². The summed E-state index contributed by atoms with van der Waals surface area (Å²) in [5.41, 5.74) is 4.07. The SMILES string of the molecule is C[C@]12CC[C@@H]3c4ccc(O)cc4CC[C@H]3[C@@H]1CC[C@@H]2OC(c1ccccc1)N(Cc1ccccc1)S(=O)(=O)O. The van der Waals surface area contributed by atoms with E-state index in [4.69, 9.17) is 4.74 Å². The molecule has 3 aliphatic rings. The molecule has 0 aliphatic heterocycles. The van der Waals surface area contributed by atoms with Crippen molar-refractivity contribution < 1.29 is 22.8 Å². The molecule has 3 aliphatic carbocycles. The van der Waals surface area contributed by atoms with Crippen molar-refractivity contribution in [2.75, 3.05) is 0 Å². The van der Waals surface area contributed by atoms with Gasteiger partial charge in [-0.3, -0.25) is 4.55 Å². The van der Waals surface area contributed by atoms with Crippen LogP contribution in [0.4, 0.5) is 0 Å². The van der Waals surface area contributed by atoms with E-state index >= 15 is 0 Å². The van der Waals surface area contributed by atoms with Crippen LogP contribution in [0.25, 0.3) is 0 Å². The summed E-state index contributed by atoms with van der Waals surface area (Å²) in [5, 5.41) is 10.0. The van der Waals surface area contributed by atoms with Crippen LogP contribution >= 0.6 is 0 Å². The Bertz CT molecular complexity index is 1410. The van der Waals surface area contributed by atoms with Crippen molar-refractivity contribution in [2.24, 2.45) is 17.3 Å². The number of aromatic hydroxyl groups is 1. The highest BCUT2D eigenvalue weighted by Gasteiger charge is 2.56. The van der Waals surface area contributed by atoms with E-state index in [2.05, 4.69) is 13.0 Å². The molecule has 3 aromatic rings. The molecular weight excluding hydrogens is 510 g/mol. The first-order valence-electron chi connectivity index (χ1n) is 14.0. The number of phenolic OH excluding ortho intramolecular Hbond substituents is 1.